The standard InChI is InChI=1S/C18H18N2O5/c1-13(14-7-3-2-4-8-14)11-19-17(21)12-25-18(22)15-9-5-6-10-16(15)20(23)24/h2-10,13H,11-12H2,1H3,(H,19,21)/t13-/m0/s1. The first-order valence-corrected chi connectivity index (χ1v) is 7.71. The van der Waals surface area contributed by atoms with Crippen LogP contribution in [-0.4, -0.2) is 30.0 Å². The van der Waals surface area contributed by atoms with Gasteiger partial charge in [-0.2, -0.15) is 0 Å². The molecule has 0 saturated carbocycles. The van der Waals surface area contributed by atoms with Crippen molar-refractivity contribution in [3.63, 3.8) is 0 Å². The minimum Gasteiger partial charge on any atom is -0.452 e. The van der Waals surface area contributed by atoms with Crippen LogP contribution in [0.5, 0.6) is 0 Å². The number of rotatable bonds is 7. The normalized spacial score (nSPS) is 11.4. The third kappa shape index (κ3) is 5.13. The van der Waals surface area contributed by atoms with Crippen LogP contribution in [0.15, 0.2) is 54.6 Å². The quantitative estimate of drug-likeness (QED) is 0.474. The summed E-state index contributed by atoms with van der Waals surface area (Å²) in [4.78, 5) is 34.0. The van der Waals surface area contributed by atoms with Gasteiger partial charge in [-0.3, -0.25) is 14.9 Å². The SMILES string of the molecule is C[C@@H](CNC(=O)COC(=O)c1ccccc1[N+](=O)[O-])c1ccccc1. The molecular weight excluding hydrogens is 324 g/mol. The molecule has 1 atom stereocenters. The van der Waals surface area contributed by atoms with Crippen molar-refractivity contribution >= 4 is 17.6 Å². The molecule has 2 aromatic carbocycles. The molecule has 0 aliphatic heterocycles. The molecule has 0 aromatic heterocycles. The number of nitro groups is 1. The second-order valence-electron chi connectivity index (χ2n) is 5.47. The third-order valence-electron chi connectivity index (χ3n) is 3.63. The zero-order valence-corrected chi connectivity index (χ0v) is 13.7. The minimum absolute atomic E-state index is 0.107. The van der Waals surface area contributed by atoms with Crippen LogP contribution in [0.4, 0.5) is 5.69 Å². The molecule has 7 nitrogen and oxygen atoms in total. The molecule has 2 rings (SSSR count). The van der Waals surface area contributed by atoms with Crippen molar-refractivity contribution in [2.24, 2.45) is 0 Å². The molecule has 0 saturated heterocycles. The van der Waals surface area contributed by atoms with Crippen molar-refractivity contribution in [1.82, 2.24) is 5.32 Å². The van der Waals surface area contributed by atoms with Gasteiger partial charge in [0.05, 0.1) is 4.92 Å². The highest BCUT2D eigenvalue weighted by Gasteiger charge is 2.21. The number of nitrogens with zero attached hydrogens (tertiary/aromatic N) is 1. The van der Waals surface area contributed by atoms with E-state index >= 15 is 0 Å². The Bertz CT molecular complexity index is 761. The summed E-state index contributed by atoms with van der Waals surface area (Å²) >= 11 is 0. The highest BCUT2D eigenvalue weighted by molar-refractivity contribution is 5.95. The number of esters is 1. The molecule has 0 unspecified atom stereocenters. The molecule has 130 valence electrons. The maximum atomic E-state index is 11.9. The number of benzene rings is 2. The molecule has 0 heterocycles. The Hall–Kier alpha value is -3.22. The van der Waals surface area contributed by atoms with E-state index < -0.39 is 23.4 Å². The summed E-state index contributed by atoms with van der Waals surface area (Å²) in [6, 6.07) is 15.1. The Morgan fingerprint density at radius 3 is 2.44 bits per heavy atom. The highest BCUT2D eigenvalue weighted by Crippen LogP contribution is 2.18. The van der Waals surface area contributed by atoms with Gasteiger partial charge in [0.2, 0.25) is 0 Å². The van der Waals surface area contributed by atoms with Gasteiger partial charge in [-0.15, -0.1) is 0 Å². The Labute approximate surface area is 144 Å². The van der Waals surface area contributed by atoms with E-state index in [1.165, 1.54) is 24.3 Å². The molecule has 1 N–H and O–H groups in total. The number of nitro benzene ring substituents is 1. The number of carbonyl (C=O) groups excluding carboxylic acids is 2. The Morgan fingerprint density at radius 2 is 1.76 bits per heavy atom. The molecule has 2 aromatic rings. The van der Waals surface area contributed by atoms with Crippen LogP contribution < -0.4 is 5.32 Å². The number of hydrogen-bond acceptors (Lipinski definition) is 5. The van der Waals surface area contributed by atoms with E-state index in [2.05, 4.69) is 5.32 Å². The third-order valence-corrected chi connectivity index (χ3v) is 3.63. The van der Waals surface area contributed by atoms with Gasteiger partial charge >= 0.3 is 5.97 Å². The summed E-state index contributed by atoms with van der Waals surface area (Å²) in [7, 11) is 0. The van der Waals surface area contributed by atoms with Gasteiger partial charge in [-0.25, -0.2) is 4.79 Å². The average Bonchev–Trinajstić information content (AvgIpc) is 2.64. The van der Waals surface area contributed by atoms with Crippen molar-refractivity contribution in [3.05, 3.63) is 75.8 Å². The van der Waals surface area contributed by atoms with Gasteiger partial charge in [0, 0.05) is 12.6 Å². The maximum Gasteiger partial charge on any atom is 0.345 e. The lowest BCUT2D eigenvalue weighted by molar-refractivity contribution is -0.385. The smallest absolute Gasteiger partial charge is 0.345 e. The fraction of sp³-hybridized carbons (Fsp3) is 0.222. The van der Waals surface area contributed by atoms with Crippen LogP contribution in [0.3, 0.4) is 0 Å². The van der Waals surface area contributed by atoms with Crippen LogP contribution in [0, 0.1) is 10.1 Å². The monoisotopic (exact) mass is 342 g/mol. The summed E-state index contributed by atoms with van der Waals surface area (Å²) < 4.78 is 4.86. The topological polar surface area (TPSA) is 98.5 Å². The first-order chi connectivity index (χ1) is 12.0. The number of amides is 1. The number of nitrogens with one attached hydrogen (secondary N) is 1. The molecular formula is C18H18N2O5. The second-order valence-corrected chi connectivity index (χ2v) is 5.47. The summed E-state index contributed by atoms with van der Waals surface area (Å²) in [5.41, 5.74) is 0.545. The molecule has 0 bridgehead atoms. The predicted molar refractivity (Wildman–Crippen MR) is 91.2 cm³/mol. The van der Waals surface area contributed by atoms with Crippen molar-refractivity contribution in [1.29, 1.82) is 0 Å². The Balaban J connectivity index is 1.84. The van der Waals surface area contributed by atoms with E-state index in [-0.39, 0.29) is 17.2 Å². The lowest BCUT2D eigenvalue weighted by Gasteiger charge is -2.13. The van der Waals surface area contributed by atoms with Gasteiger partial charge in [-0.1, -0.05) is 49.4 Å². The zero-order valence-electron chi connectivity index (χ0n) is 13.7. The van der Waals surface area contributed by atoms with E-state index in [0.717, 1.165) is 5.56 Å². The summed E-state index contributed by atoms with van der Waals surface area (Å²) in [6.45, 7) is 1.87. The first kappa shape index (κ1) is 18.1. The fourth-order valence-corrected chi connectivity index (χ4v) is 2.23. The number of carbonyl (C=O) groups is 2. The molecule has 0 spiro atoms. The highest BCUT2D eigenvalue weighted by atomic mass is 16.6. The number of ether oxygens (including phenoxy) is 1. The molecule has 7 heteroatoms. The van der Waals surface area contributed by atoms with Gasteiger partial charge in [0.1, 0.15) is 5.56 Å². The van der Waals surface area contributed by atoms with E-state index in [1.54, 1.807) is 0 Å². The van der Waals surface area contributed by atoms with Gasteiger partial charge in [-0.05, 0) is 17.5 Å². The maximum absolute atomic E-state index is 11.9. The largest absolute Gasteiger partial charge is 0.452 e. The summed E-state index contributed by atoms with van der Waals surface area (Å²) in [5.74, 6) is -1.26. The number of hydrogen-bond donors (Lipinski definition) is 1. The van der Waals surface area contributed by atoms with E-state index in [0.29, 0.717) is 6.54 Å². The van der Waals surface area contributed by atoms with Crippen LogP contribution >= 0.6 is 0 Å². The Morgan fingerprint density at radius 1 is 1.12 bits per heavy atom. The van der Waals surface area contributed by atoms with Crippen LogP contribution in [0.1, 0.15) is 28.8 Å². The second kappa shape index (κ2) is 8.58. The zero-order chi connectivity index (χ0) is 18.2. The van der Waals surface area contributed by atoms with Crippen molar-refractivity contribution in [2.45, 2.75) is 12.8 Å². The van der Waals surface area contributed by atoms with Gasteiger partial charge in [0.15, 0.2) is 6.61 Å². The minimum atomic E-state index is -0.904. The molecule has 0 aliphatic carbocycles. The van der Waals surface area contributed by atoms with Gasteiger partial charge < -0.3 is 10.1 Å². The van der Waals surface area contributed by atoms with Crippen molar-refractivity contribution in [3.8, 4) is 0 Å². The van der Waals surface area contributed by atoms with Crippen LogP contribution in [-0.2, 0) is 9.53 Å². The van der Waals surface area contributed by atoms with Crippen molar-refractivity contribution < 1.29 is 19.2 Å². The van der Waals surface area contributed by atoms with Crippen LogP contribution in [0.25, 0.3) is 0 Å². The average molecular weight is 342 g/mol. The van der Waals surface area contributed by atoms with Crippen LogP contribution in [0.2, 0.25) is 0 Å². The summed E-state index contributed by atoms with van der Waals surface area (Å²) in [6.07, 6.45) is 0. The first-order valence-electron chi connectivity index (χ1n) is 7.71. The predicted octanol–water partition coefficient (Wildman–Crippen LogP) is 2.67. The van der Waals surface area contributed by atoms with E-state index in [9.17, 15) is 19.7 Å². The lowest BCUT2D eigenvalue weighted by Crippen LogP contribution is -2.31. The molecule has 0 aliphatic rings. The van der Waals surface area contributed by atoms with E-state index in [4.69, 9.17) is 4.74 Å². The van der Waals surface area contributed by atoms with E-state index in [1.807, 2.05) is 37.3 Å². The molecule has 0 radical (unpaired) electrons. The van der Waals surface area contributed by atoms with Gasteiger partial charge in [0.25, 0.3) is 11.6 Å². The number of para-hydroxylation sites is 1. The molecule has 0 fully saturated rings. The summed E-state index contributed by atoms with van der Waals surface area (Å²) in [5, 5.41) is 13.6. The molecule has 25 heavy (non-hydrogen) atoms. The molecule has 1 amide bonds. The van der Waals surface area contributed by atoms with Crippen molar-refractivity contribution in [2.75, 3.05) is 13.2 Å². The Kier molecular flexibility index (Phi) is 6.22. The fourth-order valence-electron chi connectivity index (χ4n) is 2.23. The lowest BCUT2D eigenvalue weighted by atomic mass is 10.0.